The van der Waals surface area contributed by atoms with Gasteiger partial charge in [0.05, 0.1) is 0 Å². The number of benzene rings is 1. The molecule has 0 saturated heterocycles. The van der Waals surface area contributed by atoms with Gasteiger partial charge < -0.3 is 0 Å². The first kappa shape index (κ1) is 11.7. The summed E-state index contributed by atoms with van der Waals surface area (Å²) in [6.45, 7) is 3.39. The van der Waals surface area contributed by atoms with E-state index >= 15 is 0 Å². The number of halogens is 3. The maximum atomic E-state index is 13.8. The smallest absolute Gasteiger partial charge is 0.264 e. The summed E-state index contributed by atoms with van der Waals surface area (Å²) in [5.41, 5.74) is -0.527. The average Bonchev–Trinajstić information content (AvgIpc) is 2.16. The van der Waals surface area contributed by atoms with Crippen molar-refractivity contribution in [1.29, 1.82) is 0 Å². The van der Waals surface area contributed by atoms with Gasteiger partial charge in [0, 0.05) is 15.8 Å². The van der Waals surface area contributed by atoms with Gasteiger partial charge in [0.1, 0.15) is 0 Å². The van der Waals surface area contributed by atoms with Crippen molar-refractivity contribution in [3.63, 3.8) is 0 Å². The van der Waals surface area contributed by atoms with Crippen molar-refractivity contribution in [2.75, 3.05) is 0 Å². The number of rotatable bonds is 3. The van der Waals surface area contributed by atoms with Gasteiger partial charge >= 0.3 is 8.74 Å². The Bertz CT molecular complexity index is 315. The van der Waals surface area contributed by atoms with E-state index in [1.54, 1.807) is 26.0 Å². The van der Waals surface area contributed by atoms with Crippen molar-refractivity contribution in [3.8, 4) is 0 Å². The van der Waals surface area contributed by atoms with Gasteiger partial charge in [-0.2, -0.15) is 0 Å². The first-order chi connectivity index (χ1) is 6.48. The molecule has 0 fully saturated rings. The van der Waals surface area contributed by atoms with E-state index in [9.17, 15) is 8.22 Å². The molecule has 1 atom stereocenters. The summed E-state index contributed by atoms with van der Waals surface area (Å²) in [5.74, 6) is 0. The lowest BCUT2D eigenvalue weighted by molar-refractivity contribution is 0.573. The first-order valence-electron chi connectivity index (χ1n) is 4.62. The molecule has 0 nitrogen and oxygen atoms in total. The second kappa shape index (κ2) is 4.40. The highest BCUT2D eigenvalue weighted by molar-refractivity contribution is 6.81. The number of hydrogen-bond acceptors (Lipinski definition) is 0. The molecule has 0 bridgehead atoms. The molecule has 0 aliphatic rings. The minimum absolute atomic E-state index is 0.138. The average molecular weight is 235 g/mol. The Morgan fingerprint density at radius 1 is 1.43 bits per heavy atom. The van der Waals surface area contributed by atoms with E-state index in [1.807, 2.05) is 0 Å². The normalized spacial score (nSPS) is 14.1. The van der Waals surface area contributed by atoms with E-state index in [0.29, 0.717) is 11.4 Å². The largest absolute Gasteiger partial charge is 0.458 e. The molecule has 0 aliphatic carbocycles. The van der Waals surface area contributed by atoms with Crippen LogP contribution in [0.15, 0.2) is 24.3 Å². The molecular formula is C10H13ClF2Si. The Labute approximate surface area is 89.3 Å². The highest BCUT2D eigenvalue weighted by Crippen LogP contribution is 2.27. The predicted molar refractivity (Wildman–Crippen MR) is 58.8 cm³/mol. The molecule has 1 rings (SSSR count). The summed E-state index contributed by atoms with van der Waals surface area (Å²) < 4.78 is 27.6. The van der Waals surface area contributed by atoms with Gasteiger partial charge in [-0.05, 0) is 12.1 Å². The highest BCUT2D eigenvalue weighted by Gasteiger charge is 2.43. The van der Waals surface area contributed by atoms with Gasteiger partial charge in [-0.25, -0.2) is 0 Å². The zero-order valence-corrected chi connectivity index (χ0v) is 9.98. The molecule has 0 heterocycles. The monoisotopic (exact) mass is 234 g/mol. The lowest BCUT2D eigenvalue weighted by Crippen LogP contribution is -2.42. The summed E-state index contributed by atoms with van der Waals surface area (Å²) in [5, 5.41) is 0.525. The maximum Gasteiger partial charge on any atom is 0.458 e. The lowest BCUT2D eigenvalue weighted by atomic mass is 10.4. The van der Waals surface area contributed by atoms with Crippen LogP contribution < -0.4 is 5.19 Å². The van der Waals surface area contributed by atoms with Crippen LogP contribution in [0, 0.1) is 0 Å². The van der Waals surface area contributed by atoms with Crippen molar-refractivity contribution in [2.24, 2.45) is 0 Å². The van der Waals surface area contributed by atoms with E-state index in [4.69, 9.17) is 11.6 Å². The molecule has 78 valence electrons. The highest BCUT2D eigenvalue weighted by atomic mass is 35.5. The molecule has 1 aromatic rings. The molecule has 0 radical (unpaired) electrons. The molecule has 1 unspecified atom stereocenters. The summed E-state index contributed by atoms with van der Waals surface area (Å²) in [6, 6.07) is 6.07. The molecular weight excluding hydrogens is 222 g/mol. The molecule has 0 N–H and O–H groups in total. The summed E-state index contributed by atoms with van der Waals surface area (Å²) in [6.07, 6.45) is 0.506. The minimum atomic E-state index is -4.30. The predicted octanol–water partition coefficient (Wildman–Crippen LogP) is 3.73. The van der Waals surface area contributed by atoms with Gasteiger partial charge in [-0.3, -0.25) is 8.22 Å². The van der Waals surface area contributed by atoms with Crippen LogP contribution in [0.2, 0.25) is 10.6 Å². The Balaban J connectivity index is 3.03. The van der Waals surface area contributed by atoms with Gasteiger partial charge in [0.25, 0.3) is 0 Å². The van der Waals surface area contributed by atoms with Gasteiger partial charge in [0.15, 0.2) is 0 Å². The van der Waals surface area contributed by atoms with E-state index in [0.717, 1.165) is 0 Å². The minimum Gasteiger partial charge on any atom is -0.264 e. The van der Waals surface area contributed by atoms with Crippen LogP contribution in [-0.2, 0) is 0 Å². The Kier molecular flexibility index (Phi) is 3.67. The molecule has 0 amide bonds. The van der Waals surface area contributed by atoms with Crippen LogP contribution in [0.3, 0.4) is 0 Å². The fraction of sp³-hybridized carbons (Fsp3) is 0.400. The van der Waals surface area contributed by atoms with E-state index < -0.39 is 14.3 Å². The molecule has 0 spiro atoms. The molecule has 1 aromatic carbocycles. The third-order valence-electron chi connectivity index (χ3n) is 2.44. The van der Waals surface area contributed by atoms with Crippen LogP contribution in [-0.4, -0.2) is 8.74 Å². The summed E-state index contributed by atoms with van der Waals surface area (Å²) >= 11 is 5.69. The maximum absolute atomic E-state index is 13.8. The zero-order chi connectivity index (χ0) is 10.8. The van der Waals surface area contributed by atoms with Crippen molar-refractivity contribution in [2.45, 2.75) is 25.8 Å². The van der Waals surface area contributed by atoms with Crippen LogP contribution >= 0.6 is 11.6 Å². The number of hydrogen-bond donors (Lipinski definition) is 0. The summed E-state index contributed by atoms with van der Waals surface area (Å²) in [4.78, 5) is 0. The second-order valence-electron chi connectivity index (χ2n) is 3.44. The molecule has 14 heavy (non-hydrogen) atoms. The van der Waals surface area contributed by atoms with Gasteiger partial charge in [-0.1, -0.05) is 44.0 Å². The SMILES string of the molecule is CCC(C)[Si](F)(F)c1cccc(Cl)c1. The van der Waals surface area contributed by atoms with Crippen molar-refractivity contribution < 1.29 is 8.22 Å². The lowest BCUT2D eigenvalue weighted by Gasteiger charge is -2.19. The van der Waals surface area contributed by atoms with E-state index in [1.165, 1.54) is 12.1 Å². The fourth-order valence-corrected chi connectivity index (χ4v) is 3.27. The van der Waals surface area contributed by atoms with E-state index in [2.05, 4.69) is 0 Å². The molecule has 0 saturated carbocycles. The van der Waals surface area contributed by atoms with Gasteiger partial charge in [0.2, 0.25) is 0 Å². The second-order valence-corrected chi connectivity index (χ2v) is 6.69. The third kappa shape index (κ3) is 2.33. The van der Waals surface area contributed by atoms with Crippen molar-refractivity contribution in [3.05, 3.63) is 29.3 Å². The Hall–Kier alpha value is -0.413. The third-order valence-corrected chi connectivity index (χ3v) is 5.40. The van der Waals surface area contributed by atoms with Crippen LogP contribution in [0.1, 0.15) is 20.3 Å². The summed E-state index contributed by atoms with van der Waals surface area (Å²) in [7, 11) is -4.30. The quantitative estimate of drug-likeness (QED) is 0.552. The van der Waals surface area contributed by atoms with Crippen LogP contribution in [0.25, 0.3) is 0 Å². The van der Waals surface area contributed by atoms with Crippen molar-refractivity contribution in [1.82, 2.24) is 0 Å². The topological polar surface area (TPSA) is 0 Å². The van der Waals surface area contributed by atoms with Crippen LogP contribution in [0.5, 0.6) is 0 Å². The van der Waals surface area contributed by atoms with Crippen molar-refractivity contribution >= 4 is 25.5 Å². The zero-order valence-electron chi connectivity index (χ0n) is 8.23. The standard InChI is InChI=1S/C10H13ClF2Si/c1-3-8(2)14(12,13)10-6-4-5-9(11)7-10/h4-8H,3H2,1-2H3. The molecule has 0 aliphatic heterocycles. The van der Waals surface area contributed by atoms with E-state index in [-0.39, 0.29) is 5.19 Å². The molecule has 0 aromatic heterocycles. The fourth-order valence-electron chi connectivity index (χ4n) is 1.24. The van der Waals surface area contributed by atoms with Crippen LogP contribution in [0.4, 0.5) is 8.22 Å². The van der Waals surface area contributed by atoms with Gasteiger partial charge in [-0.15, -0.1) is 0 Å². The Morgan fingerprint density at radius 2 is 2.07 bits per heavy atom. The molecule has 4 heteroatoms. The Morgan fingerprint density at radius 3 is 2.57 bits per heavy atom. The first-order valence-corrected chi connectivity index (χ1v) is 6.83.